The number of hydrogen-bond donors (Lipinski definition) is 2. The van der Waals surface area contributed by atoms with Crippen molar-refractivity contribution in [1.29, 1.82) is 0 Å². The van der Waals surface area contributed by atoms with Gasteiger partial charge in [0.05, 0.1) is 59.4 Å². The topological polar surface area (TPSA) is 99.9 Å². The predicted molar refractivity (Wildman–Crippen MR) is 125 cm³/mol. The molecule has 0 saturated carbocycles. The highest BCUT2D eigenvalue weighted by Crippen LogP contribution is 2.48. The molecule has 1 aliphatic rings. The van der Waals surface area contributed by atoms with Crippen LogP contribution < -0.4 is 11.1 Å². The highest BCUT2D eigenvalue weighted by molar-refractivity contribution is 6.67. The molecule has 1 unspecified atom stereocenters. The Morgan fingerprint density at radius 2 is 1.73 bits per heavy atom. The zero-order valence-electron chi connectivity index (χ0n) is 18.8. The maximum absolute atomic E-state index is 15.2. The number of nitrogens with one attached hydrogen (secondary N) is 1. The molecular weight excluding hydrogens is 597 g/mol. The van der Waals surface area contributed by atoms with E-state index >= 15 is 4.39 Å². The number of ether oxygens (including phenoxy) is 3. The van der Waals surface area contributed by atoms with E-state index < -0.39 is 86.5 Å². The number of carbonyl (C=O) groups is 2. The van der Waals surface area contributed by atoms with Crippen LogP contribution in [0, 0.1) is 5.82 Å². The SMILES string of the molecule is COC(=O)C1=C(CF)NC(COCCN)=C(C(=O)OCC(Cl)(Cl)Cl)C1c1c(F)ccc(Cl)c1C(F)(F)F. The van der Waals surface area contributed by atoms with Gasteiger partial charge in [-0.1, -0.05) is 46.4 Å². The first-order valence-corrected chi connectivity index (χ1v) is 11.6. The number of methoxy groups -OCH3 is 1. The van der Waals surface area contributed by atoms with E-state index in [9.17, 15) is 27.2 Å². The van der Waals surface area contributed by atoms with Crippen LogP contribution in [0.4, 0.5) is 22.0 Å². The molecule has 2 rings (SSSR count). The average Bonchev–Trinajstić information content (AvgIpc) is 2.81. The summed E-state index contributed by atoms with van der Waals surface area (Å²) in [6, 6.07) is 1.23. The van der Waals surface area contributed by atoms with Crippen molar-refractivity contribution >= 4 is 58.3 Å². The lowest BCUT2D eigenvalue weighted by molar-refractivity contribution is -0.141. The largest absolute Gasteiger partial charge is 0.466 e. The molecular formula is C21H19Cl4F5N2O5. The summed E-state index contributed by atoms with van der Waals surface area (Å²) in [6.07, 6.45) is -5.28. The molecule has 0 radical (unpaired) electrons. The molecule has 1 aromatic rings. The van der Waals surface area contributed by atoms with Crippen molar-refractivity contribution in [1.82, 2.24) is 5.32 Å². The third-order valence-electron chi connectivity index (χ3n) is 4.88. The van der Waals surface area contributed by atoms with Crippen molar-refractivity contribution in [3.63, 3.8) is 0 Å². The summed E-state index contributed by atoms with van der Waals surface area (Å²) in [7, 11) is 0.853. The second-order valence-electron chi connectivity index (χ2n) is 7.32. The summed E-state index contributed by atoms with van der Waals surface area (Å²) in [5, 5.41) is 1.47. The molecule has 7 nitrogen and oxygen atoms in total. The molecule has 0 bridgehead atoms. The van der Waals surface area contributed by atoms with E-state index in [1.807, 2.05) is 0 Å². The van der Waals surface area contributed by atoms with Crippen LogP contribution in [-0.2, 0) is 30.0 Å². The average molecular weight is 616 g/mol. The zero-order chi connectivity index (χ0) is 28.1. The van der Waals surface area contributed by atoms with Crippen molar-refractivity contribution < 1.29 is 45.8 Å². The summed E-state index contributed by atoms with van der Waals surface area (Å²) in [6.45, 7) is -3.00. The van der Waals surface area contributed by atoms with Crippen LogP contribution in [0.5, 0.6) is 0 Å². The Labute approximate surface area is 227 Å². The first-order chi connectivity index (χ1) is 17.2. The summed E-state index contributed by atoms with van der Waals surface area (Å²) >= 11 is 22.6. The molecule has 0 fully saturated rings. The van der Waals surface area contributed by atoms with Crippen LogP contribution in [-0.4, -0.2) is 55.9 Å². The Kier molecular flexibility index (Phi) is 10.9. The molecule has 206 valence electrons. The van der Waals surface area contributed by atoms with Gasteiger partial charge in [0, 0.05) is 12.1 Å². The molecule has 16 heteroatoms. The van der Waals surface area contributed by atoms with E-state index in [0.717, 1.165) is 7.11 Å². The number of hydrogen-bond acceptors (Lipinski definition) is 7. The Bertz CT molecular complexity index is 1110. The van der Waals surface area contributed by atoms with Crippen molar-refractivity contribution in [3.8, 4) is 0 Å². The van der Waals surface area contributed by atoms with Crippen LogP contribution in [0.15, 0.2) is 34.7 Å². The quantitative estimate of drug-likeness (QED) is 0.179. The fourth-order valence-electron chi connectivity index (χ4n) is 3.53. The van der Waals surface area contributed by atoms with Gasteiger partial charge >= 0.3 is 18.1 Å². The summed E-state index contributed by atoms with van der Waals surface area (Å²) in [5.41, 5.74) is -0.192. The van der Waals surface area contributed by atoms with Gasteiger partial charge in [-0.2, -0.15) is 13.2 Å². The Balaban J connectivity index is 2.96. The van der Waals surface area contributed by atoms with Gasteiger partial charge in [-0.3, -0.25) is 0 Å². The summed E-state index contributed by atoms with van der Waals surface area (Å²) in [4.78, 5) is 25.9. The van der Waals surface area contributed by atoms with Gasteiger partial charge in [0.25, 0.3) is 0 Å². The predicted octanol–water partition coefficient (Wildman–Crippen LogP) is 4.72. The fourth-order valence-corrected chi connectivity index (χ4v) is 3.97. The summed E-state index contributed by atoms with van der Waals surface area (Å²) in [5.74, 6) is -6.54. The van der Waals surface area contributed by atoms with E-state index in [1.165, 1.54) is 0 Å². The maximum atomic E-state index is 15.2. The Hall–Kier alpha value is -1.83. The number of nitrogens with two attached hydrogens (primary N) is 1. The van der Waals surface area contributed by atoms with Gasteiger partial charge in [0.1, 0.15) is 19.1 Å². The van der Waals surface area contributed by atoms with Crippen molar-refractivity contribution in [2.24, 2.45) is 5.73 Å². The van der Waals surface area contributed by atoms with Crippen molar-refractivity contribution in [2.45, 2.75) is 15.9 Å². The van der Waals surface area contributed by atoms with E-state index in [-0.39, 0.29) is 18.8 Å². The Morgan fingerprint density at radius 3 is 2.24 bits per heavy atom. The van der Waals surface area contributed by atoms with Gasteiger partial charge in [-0.05, 0) is 12.1 Å². The highest BCUT2D eigenvalue weighted by Gasteiger charge is 2.47. The monoisotopic (exact) mass is 614 g/mol. The first-order valence-electron chi connectivity index (χ1n) is 10.1. The number of benzene rings is 1. The Morgan fingerprint density at radius 1 is 1.11 bits per heavy atom. The van der Waals surface area contributed by atoms with E-state index in [1.54, 1.807) is 0 Å². The molecule has 37 heavy (non-hydrogen) atoms. The van der Waals surface area contributed by atoms with Crippen LogP contribution in [0.1, 0.15) is 17.0 Å². The van der Waals surface area contributed by atoms with Gasteiger partial charge in [-0.15, -0.1) is 0 Å². The standard InChI is InChI=1S/C21H19Cl4F5N2O5/c1-35-18(33)14-11(6-26)32-12(7-36-5-4-31)15(19(34)37-8-20(23,24)25)16(14)13-10(27)3-2-9(22)17(13)21(28,29)30/h2-3,16,32H,4-8,31H2,1H3. The molecule has 0 spiro atoms. The molecule has 0 aliphatic carbocycles. The third-order valence-corrected chi connectivity index (χ3v) is 5.52. The minimum Gasteiger partial charge on any atom is -0.466 e. The second kappa shape index (κ2) is 12.8. The minimum atomic E-state index is -5.28. The van der Waals surface area contributed by atoms with E-state index in [4.69, 9.17) is 61.6 Å². The molecule has 1 heterocycles. The van der Waals surface area contributed by atoms with E-state index in [2.05, 4.69) is 10.1 Å². The zero-order valence-corrected chi connectivity index (χ0v) is 21.8. The summed E-state index contributed by atoms with van der Waals surface area (Å²) < 4.78 is 84.4. The minimum absolute atomic E-state index is 0.00408. The van der Waals surface area contributed by atoms with Crippen molar-refractivity contribution in [2.75, 3.05) is 40.1 Å². The molecule has 1 aliphatic heterocycles. The molecule has 0 aromatic heterocycles. The van der Waals surface area contributed by atoms with E-state index in [0.29, 0.717) is 12.1 Å². The lowest BCUT2D eigenvalue weighted by atomic mass is 9.78. The molecule has 0 saturated heterocycles. The molecule has 1 atom stereocenters. The number of halogens is 9. The smallest absolute Gasteiger partial charge is 0.418 e. The number of alkyl halides is 7. The number of rotatable bonds is 9. The van der Waals surface area contributed by atoms with Crippen LogP contribution >= 0.6 is 46.4 Å². The third kappa shape index (κ3) is 7.61. The highest BCUT2D eigenvalue weighted by atomic mass is 35.6. The van der Waals surface area contributed by atoms with Crippen LogP contribution in [0.25, 0.3) is 0 Å². The van der Waals surface area contributed by atoms with Gasteiger partial charge < -0.3 is 25.3 Å². The molecule has 3 N–H and O–H groups in total. The van der Waals surface area contributed by atoms with Gasteiger partial charge in [0.15, 0.2) is 0 Å². The van der Waals surface area contributed by atoms with Gasteiger partial charge in [0.2, 0.25) is 3.79 Å². The first kappa shape index (κ1) is 31.4. The normalized spacial score (nSPS) is 16.6. The lowest BCUT2D eigenvalue weighted by Gasteiger charge is -2.33. The molecule has 1 aromatic carbocycles. The lowest BCUT2D eigenvalue weighted by Crippen LogP contribution is -2.37. The molecule has 0 amide bonds. The number of allylic oxidation sites excluding steroid dienone is 1. The van der Waals surface area contributed by atoms with Crippen LogP contribution in [0.2, 0.25) is 5.02 Å². The maximum Gasteiger partial charge on any atom is 0.418 e. The van der Waals surface area contributed by atoms with Crippen LogP contribution in [0.3, 0.4) is 0 Å². The van der Waals surface area contributed by atoms with Gasteiger partial charge in [-0.25, -0.2) is 18.4 Å². The second-order valence-corrected chi connectivity index (χ2v) is 10.2. The van der Waals surface area contributed by atoms with Crippen molar-refractivity contribution in [3.05, 3.63) is 56.6 Å². The number of esters is 2. The number of carbonyl (C=O) groups excluding carboxylic acids is 2. The fraction of sp³-hybridized carbons (Fsp3) is 0.429. The number of dihydropyridines is 1.